The number of hydrogen-bond acceptors (Lipinski definition) is 3. The number of phenolic OH excluding ortho intramolecular Hbond substituents is 1. The topological polar surface area (TPSA) is 61.4 Å². The fourth-order valence-corrected chi connectivity index (χ4v) is 1.58. The summed E-state index contributed by atoms with van der Waals surface area (Å²) in [4.78, 5) is 11.4. The summed E-state index contributed by atoms with van der Waals surface area (Å²) < 4.78 is 13.0. The van der Waals surface area contributed by atoms with Crippen LogP contribution in [0, 0.1) is 11.7 Å². The van der Waals surface area contributed by atoms with E-state index < -0.39 is 5.82 Å². The molecular formula is C14H21FN2O2. The molecule has 4 nitrogen and oxygen atoms in total. The highest BCUT2D eigenvalue weighted by Crippen LogP contribution is 2.14. The summed E-state index contributed by atoms with van der Waals surface area (Å²) in [5.74, 6) is -0.117. The van der Waals surface area contributed by atoms with Gasteiger partial charge in [-0.1, -0.05) is 13.8 Å². The standard InChI is InChI=1S/C14H21FN2O2/c1-10(2)8-17-14(19)3-4-16-9-11-5-12(15)7-13(18)6-11/h5-7,10,16,18H,3-4,8-9H2,1-2H3,(H,17,19). The average molecular weight is 268 g/mol. The lowest BCUT2D eigenvalue weighted by Gasteiger charge is -2.08. The van der Waals surface area contributed by atoms with Gasteiger partial charge in [0.1, 0.15) is 11.6 Å². The average Bonchev–Trinajstić information content (AvgIpc) is 2.31. The number of phenols is 1. The second-order valence-electron chi connectivity index (χ2n) is 4.94. The highest BCUT2D eigenvalue weighted by atomic mass is 19.1. The first kappa shape index (κ1) is 15.4. The fraction of sp³-hybridized carbons (Fsp3) is 0.500. The van der Waals surface area contributed by atoms with E-state index >= 15 is 0 Å². The molecular weight excluding hydrogens is 247 g/mol. The first-order chi connectivity index (χ1) is 8.97. The Balaban J connectivity index is 2.21. The van der Waals surface area contributed by atoms with Crippen molar-refractivity contribution in [2.45, 2.75) is 26.8 Å². The zero-order valence-corrected chi connectivity index (χ0v) is 11.4. The molecule has 0 aliphatic rings. The molecule has 3 N–H and O–H groups in total. The van der Waals surface area contributed by atoms with Gasteiger partial charge in [-0.15, -0.1) is 0 Å². The van der Waals surface area contributed by atoms with Crippen molar-refractivity contribution < 1.29 is 14.3 Å². The number of hydrogen-bond donors (Lipinski definition) is 3. The molecule has 0 aliphatic heterocycles. The molecule has 0 spiro atoms. The summed E-state index contributed by atoms with van der Waals surface area (Å²) in [5.41, 5.74) is 0.653. The van der Waals surface area contributed by atoms with E-state index in [1.165, 1.54) is 12.1 Å². The molecule has 0 bridgehead atoms. The van der Waals surface area contributed by atoms with E-state index in [0.29, 0.717) is 37.5 Å². The zero-order chi connectivity index (χ0) is 14.3. The van der Waals surface area contributed by atoms with E-state index in [1.54, 1.807) is 0 Å². The van der Waals surface area contributed by atoms with Crippen molar-refractivity contribution in [3.05, 3.63) is 29.6 Å². The zero-order valence-electron chi connectivity index (χ0n) is 11.4. The summed E-state index contributed by atoms with van der Waals surface area (Å²) >= 11 is 0. The molecule has 106 valence electrons. The van der Waals surface area contributed by atoms with Gasteiger partial charge in [-0.2, -0.15) is 0 Å². The second kappa shape index (κ2) is 7.74. The number of carbonyl (C=O) groups is 1. The van der Waals surface area contributed by atoms with Crippen LogP contribution >= 0.6 is 0 Å². The van der Waals surface area contributed by atoms with Gasteiger partial charge in [0.25, 0.3) is 0 Å². The Kier molecular flexibility index (Phi) is 6.29. The maximum atomic E-state index is 13.0. The van der Waals surface area contributed by atoms with Crippen LogP contribution < -0.4 is 10.6 Å². The van der Waals surface area contributed by atoms with Crippen LogP contribution in [0.15, 0.2) is 18.2 Å². The summed E-state index contributed by atoms with van der Waals surface area (Å²) in [5, 5.41) is 15.1. The molecule has 0 unspecified atom stereocenters. The van der Waals surface area contributed by atoms with Gasteiger partial charge in [0.05, 0.1) is 0 Å². The van der Waals surface area contributed by atoms with Crippen LogP contribution in [0.1, 0.15) is 25.8 Å². The number of rotatable bonds is 7. The van der Waals surface area contributed by atoms with Crippen molar-refractivity contribution in [2.75, 3.05) is 13.1 Å². The Hall–Kier alpha value is -1.62. The van der Waals surface area contributed by atoms with Crippen molar-refractivity contribution in [2.24, 2.45) is 5.92 Å². The lowest BCUT2D eigenvalue weighted by molar-refractivity contribution is -0.121. The van der Waals surface area contributed by atoms with Crippen LogP contribution in [0.5, 0.6) is 5.75 Å². The monoisotopic (exact) mass is 268 g/mol. The van der Waals surface area contributed by atoms with Crippen LogP contribution in [0.25, 0.3) is 0 Å². The van der Waals surface area contributed by atoms with Crippen LogP contribution in [0.4, 0.5) is 4.39 Å². The molecule has 0 saturated carbocycles. The third-order valence-corrected chi connectivity index (χ3v) is 2.51. The van der Waals surface area contributed by atoms with Gasteiger partial charge in [0, 0.05) is 32.1 Å². The maximum Gasteiger partial charge on any atom is 0.221 e. The number of halogens is 1. The first-order valence-electron chi connectivity index (χ1n) is 6.43. The van der Waals surface area contributed by atoms with Gasteiger partial charge < -0.3 is 15.7 Å². The molecule has 0 aliphatic carbocycles. The summed E-state index contributed by atoms with van der Waals surface area (Å²) in [6.45, 7) is 5.69. The van der Waals surface area contributed by atoms with E-state index in [0.717, 1.165) is 6.07 Å². The van der Waals surface area contributed by atoms with E-state index in [1.807, 2.05) is 13.8 Å². The van der Waals surface area contributed by atoms with Crippen molar-refractivity contribution in [3.63, 3.8) is 0 Å². The number of nitrogens with one attached hydrogen (secondary N) is 2. The van der Waals surface area contributed by atoms with E-state index in [9.17, 15) is 14.3 Å². The third-order valence-electron chi connectivity index (χ3n) is 2.51. The van der Waals surface area contributed by atoms with Gasteiger partial charge in [-0.05, 0) is 23.6 Å². The Morgan fingerprint density at radius 2 is 2.11 bits per heavy atom. The summed E-state index contributed by atoms with van der Waals surface area (Å²) in [7, 11) is 0. The number of aromatic hydroxyl groups is 1. The number of carbonyl (C=O) groups excluding carboxylic acids is 1. The van der Waals surface area contributed by atoms with Gasteiger partial charge in [0.15, 0.2) is 0 Å². The predicted molar refractivity (Wildman–Crippen MR) is 72.2 cm³/mol. The van der Waals surface area contributed by atoms with E-state index in [-0.39, 0.29) is 11.7 Å². The molecule has 0 fully saturated rings. The smallest absolute Gasteiger partial charge is 0.221 e. The quantitative estimate of drug-likeness (QED) is 0.661. The Bertz CT molecular complexity index is 402. The predicted octanol–water partition coefficient (Wildman–Crippen LogP) is 1.78. The normalized spacial score (nSPS) is 10.7. The lowest BCUT2D eigenvalue weighted by Crippen LogP contribution is -2.30. The molecule has 0 aromatic heterocycles. The van der Waals surface area contributed by atoms with Gasteiger partial charge in [0.2, 0.25) is 5.91 Å². The molecule has 1 aromatic carbocycles. The molecule has 0 saturated heterocycles. The first-order valence-corrected chi connectivity index (χ1v) is 6.43. The van der Waals surface area contributed by atoms with E-state index in [2.05, 4.69) is 10.6 Å². The molecule has 1 rings (SSSR count). The van der Waals surface area contributed by atoms with Crippen molar-refractivity contribution in [1.29, 1.82) is 0 Å². The highest BCUT2D eigenvalue weighted by Gasteiger charge is 2.03. The van der Waals surface area contributed by atoms with Crippen LogP contribution in [-0.4, -0.2) is 24.1 Å². The lowest BCUT2D eigenvalue weighted by atomic mass is 10.2. The summed E-state index contributed by atoms with van der Waals surface area (Å²) in [6.07, 6.45) is 0.383. The minimum Gasteiger partial charge on any atom is -0.508 e. The molecule has 5 heteroatoms. The van der Waals surface area contributed by atoms with Gasteiger partial charge in [-0.25, -0.2) is 4.39 Å². The number of amides is 1. The molecule has 19 heavy (non-hydrogen) atoms. The third kappa shape index (κ3) is 6.76. The fourth-order valence-electron chi connectivity index (χ4n) is 1.58. The maximum absolute atomic E-state index is 13.0. The Labute approximate surface area is 113 Å². The highest BCUT2D eigenvalue weighted by molar-refractivity contribution is 5.76. The van der Waals surface area contributed by atoms with Crippen LogP contribution in [-0.2, 0) is 11.3 Å². The number of benzene rings is 1. The Morgan fingerprint density at radius 3 is 2.74 bits per heavy atom. The molecule has 0 heterocycles. The van der Waals surface area contributed by atoms with E-state index in [4.69, 9.17) is 0 Å². The second-order valence-corrected chi connectivity index (χ2v) is 4.94. The van der Waals surface area contributed by atoms with Gasteiger partial charge in [-0.3, -0.25) is 4.79 Å². The Morgan fingerprint density at radius 1 is 1.37 bits per heavy atom. The largest absolute Gasteiger partial charge is 0.508 e. The molecule has 1 amide bonds. The van der Waals surface area contributed by atoms with Crippen molar-refractivity contribution in [3.8, 4) is 5.75 Å². The van der Waals surface area contributed by atoms with Crippen molar-refractivity contribution in [1.82, 2.24) is 10.6 Å². The van der Waals surface area contributed by atoms with Crippen LogP contribution in [0.2, 0.25) is 0 Å². The van der Waals surface area contributed by atoms with Gasteiger partial charge >= 0.3 is 0 Å². The van der Waals surface area contributed by atoms with Crippen LogP contribution in [0.3, 0.4) is 0 Å². The van der Waals surface area contributed by atoms with Crippen molar-refractivity contribution >= 4 is 5.91 Å². The minimum atomic E-state index is -0.466. The summed E-state index contributed by atoms with van der Waals surface area (Å²) in [6, 6.07) is 3.91. The molecule has 1 aromatic rings. The SMILES string of the molecule is CC(C)CNC(=O)CCNCc1cc(O)cc(F)c1. The molecule has 0 radical (unpaired) electrons. The minimum absolute atomic E-state index is 0.00305. The molecule has 0 atom stereocenters.